The van der Waals surface area contributed by atoms with Gasteiger partial charge in [0, 0.05) is 44.0 Å². The number of primary amides is 1. The third-order valence-corrected chi connectivity index (χ3v) is 8.63. The Kier molecular flexibility index (Phi) is 16.9. The van der Waals surface area contributed by atoms with Crippen LogP contribution >= 0.6 is 0 Å². The maximum Gasteiger partial charge on any atom is 0.326 e. The molecule has 4 atom stereocenters. The number of carbonyl (C=O) groups is 9. The number of carboxylic acids is 4. The number of carboxylic acid groups (broad SMARTS) is 4. The van der Waals surface area contributed by atoms with E-state index in [1.54, 1.807) is 24.1 Å². The Bertz CT molecular complexity index is 2120. The van der Waals surface area contributed by atoms with Crippen LogP contribution in [0, 0.1) is 0 Å². The Morgan fingerprint density at radius 3 is 1.50 bits per heavy atom. The highest BCUT2D eigenvalue weighted by molar-refractivity contribution is 5.97. The third kappa shape index (κ3) is 14.6. The number of rotatable bonds is 24. The average Bonchev–Trinajstić information content (AvgIpc) is 3.17. The molecule has 5 amide bonds. The molecule has 3 aromatic rings. The lowest BCUT2D eigenvalue weighted by Crippen LogP contribution is -2.45. The van der Waals surface area contributed by atoms with Crippen LogP contribution in [-0.2, 0) is 44.9 Å². The number of hydrogen-bond donors (Lipinski definition) is 11. The molecule has 0 aliphatic carbocycles. The number of nitrogens with one attached hydrogen (secondary N) is 4. The van der Waals surface area contributed by atoms with E-state index >= 15 is 0 Å². The van der Waals surface area contributed by atoms with Crippen LogP contribution < -0.4 is 43.4 Å². The van der Waals surface area contributed by atoms with Gasteiger partial charge in [0.15, 0.2) is 17.0 Å². The average molecular weight is 841 g/mol. The lowest BCUT2D eigenvalue weighted by molar-refractivity contribution is -0.144. The number of carbonyl (C=O) groups excluding carboxylic acids is 5. The molecular formula is C35H44N12O13. The van der Waals surface area contributed by atoms with E-state index in [-0.39, 0.29) is 47.9 Å². The summed E-state index contributed by atoms with van der Waals surface area (Å²) in [5.74, 6) is -10.3. The molecule has 2 heterocycles. The second kappa shape index (κ2) is 21.7. The van der Waals surface area contributed by atoms with Crippen LogP contribution in [0.25, 0.3) is 11.2 Å². The summed E-state index contributed by atoms with van der Waals surface area (Å²) in [7, 11) is 1.75. The number of hydrogen-bond acceptors (Lipinski definition) is 16. The number of aliphatic carboxylic acids is 4. The molecule has 25 heteroatoms. The lowest BCUT2D eigenvalue weighted by Gasteiger charge is -2.20. The minimum Gasteiger partial charge on any atom is -0.480 e. The van der Waals surface area contributed by atoms with Crippen molar-refractivity contribution in [3.05, 3.63) is 41.7 Å². The number of amides is 5. The summed E-state index contributed by atoms with van der Waals surface area (Å²) >= 11 is 0. The summed E-state index contributed by atoms with van der Waals surface area (Å²) in [6.07, 6.45) is -2.27. The highest BCUT2D eigenvalue weighted by Crippen LogP contribution is 2.19. The quantitative estimate of drug-likeness (QED) is 0.0452. The molecule has 14 N–H and O–H groups in total. The number of nitrogen functional groups attached to an aromatic ring is 2. The largest absolute Gasteiger partial charge is 0.480 e. The van der Waals surface area contributed by atoms with Gasteiger partial charge in [0.25, 0.3) is 5.91 Å². The predicted molar refractivity (Wildman–Crippen MR) is 206 cm³/mol. The summed E-state index contributed by atoms with van der Waals surface area (Å²) in [4.78, 5) is 126. The maximum absolute atomic E-state index is 12.9. The van der Waals surface area contributed by atoms with Crippen LogP contribution in [0.5, 0.6) is 0 Å². The normalized spacial score (nSPS) is 12.8. The molecule has 322 valence electrons. The second-order valence-electron chi connectivity index (χ2n) is 13.3. The zero-order valence-electron chi connectivity index (χ0n) is 32.0. The second-order valence-corrected chi connectivity index (χ2v) is 13.3. The van der Waals surface area contributed by atoms with Gasteiger partial charge in [-0.15, -0.1) is 0 Å². The fourth-order valence-electron chi connectivity index (χ4n) is 5.44. The van der Waals surface area contributed by atoms with Crippen LogP contribution in [0.2, 0.25) is 0 Å². The SMILES string of the molecule is CN(Cc1cnc2nc(N)nc(N)c2n1)c1ccc(C(=O)N[C@@H](CCC(=O)N[C@@H](CCC(=O)N[C@@H](CCC(=O)N[C@@H](CCC(N)=O)C(=O)O)C(=O)O)C(=O)O)C(=O)O)cc1. The highest BCUT2D eigenvalue weighted by atomic mass is 16.4. The van der Waals surface area contributed by atoms with Gasteiger partial charge in [-0.1, -0.05) is 0 Å². The van der Waals surface area contributed by atoms with Crippen molar-refractivity contribution in [2.24, 2.45) is 5.73 Å². The van der Waals surface area contributed by atoms with Gasteiger partial charge in [-0.2, -0.15) is 9.97 Å². The summed E-state index contributed by atoms with van der Waals surface area (Å²) < 4.78 is 0. The van der Waals surface area contributed by atoms with Gasteiger partial charge in [-0.25, -0.2) is 29.1 Å². The monoisotopic (exact) mass is 840 g/mol. The molecule has 0 saturated heterocycles. The molecule has 1 aromatic carbocycles. The van der Waals surface area contributed by atoms with Gasteiger partial charge in [-0.3, -0.25) is 24.0 Å². The number of nitrogens with two attached hydrogens (primary N) is 3. The summed E-state index contributed by atoms with van der Waals surface area (Å²) in [5.41, 5.74) is 18.3. The van der Waals surface area contributed by atoms with Gasteiger partial charge in [-0.05, 0) is 49.9 Å². The first-order valence-electron chi connectivity index (χ1n) is 18.0. The Labute approximate surface area is 339 Å². The van der Waals surface area contributed by atoms with Crippen LogP contribution in [0.1, 0.15) is 67.4 Å². The fourth-order valence-corrected chi connectivity index (χ4v) is 5.44. The van der Waals surface area contributed by atoms with Crippen LogP contribution in [0.3, 0.4) is 0 Å². The summed E-state index contributed by atoms with van der Waals surface area (Å²) in [5, 5.41) is 46.7. The molecule has 0 fully saturated rings. The molecule has 0 bridgehead atoms. The lowest BCUT2D eigenvalue weighted by atomic mass is 10.1. The van der Waals surface area contributed by atoms with Crippen LogP contribution in [0.4, 0.5) is 17.5 Å². The van der Waals surface area contributed by atoms with E-state index in [4.69, 9.17) is 17.2 Å². The van der Waals surface area contributed by atoms with Crippen LogP contribution in [-0.4, -0.2) is 125 Å². The van der Waals surface area contributed by atoms with E-state index in [2.05, 4.69) is 41.2 Å². The molecule has 0 saturated carbocycles. The first-order chi connectivity index (χ1) is 28.2. The van der Waals surface area contributed by atoms with Crippen molar-refractivity contribution in [3.8, 4) is 0 Å². The molecule has 60 heavy (non-hydrogen) atoms. The number of aromatic nitrogens is 4. The van der Waals surface area contributed by atoms with Crippen molar-refractivity contribution in [2.75, 3.05) is 23.4 Å². The Hall–Kier alpha value is -7.73. The van der Waals surface area contributed by atoms with Crippen molar-refractivity contribution < 1.29 is 63.6 Å². The van der Waals surface area contributed by atoms with E-state index in [1.165, 1.54) is 18.3 Å². The topological polar surface area (TPSA) is 416 Å². The molecule has 0 radical (unpaired) electrons. The van der Waals surface area contributed by atoms with Gasteiger partial charge in [0.1, 0.15) is 24.2 Å². The fraction of sp³-hybridized carbons (Fsp3) is 0.400. The number of anilines is 3. The Morgan fingerprint density at radius 2 is 1.07 bits per heavy atom. The number of fused-ring (bicyclic) bond motifs is 1. The summed E-state index contributed by atoms with van der Waals surface area (Å²) in [6, 6.07) is -0.205. The minimum atomic E-state index is -1.65. The molecule has 25 nitrogen and oxygen atoms in total. The predicted octanol–water partition coefficient (Wildman–Crippen LogP) is -2.28. The van der Waals surface area contributed by atoms with E-state index < -0.39 is 116 Å². The van der Waals surface area contributed by atoms with E-state index in [0.29, 0.717) is 11.4 Å². The molecule has 0 spiro atoms. The minimum absolute atomic E-state index is 0.0406. The molecule has 0 aliphatic rings. The van der Waals surface area contributed by atoms with Crippen LogP contribution in [0.15, 0.2) is 30.5 Å². The molecular weight excluding hydrogens is 796 g/mol. The third-order valence-electron chi connectivity index (χ3n) is 8.63. The van der Waals surface area contributed by atoms with Crippen molar-refractivity contribution in [1.82, 2.24) is 41.2 Å². The number of benzene rings is 1. The van der Waals surface area contributed by atoms with Gasteiger partial charge < -0.3 is 63.8 Å². The van der Waals surface area contributed by atoms with Crippen molar-refractivity contribution in [2.45, 2.75) is 82.1 Å². The zero-order valence-corrected chi connectivity index (χ0v) is 32.0. The number of nitrogens with zero attached hydrogens (tertiary/aromatic N) is 5. The highest BCUT2D eigenvalue weighted by Gasteiger charge is 2.27. The van der Waals surface area contributed by atoms with Crippen molar-refractivity contribution >= 4 is 82.0 Å². The standard InChI is InChI=1S/C35H44N12O13/c1-47(15-17-14-39-29-27(40-17)28(37)45-35(38)46-29)18-4-2-16(3-5-18)30(52)44-22(34(59)60)9-13-26(51)43-21(33(57)58)8-12-25(50)42-20(32(55)56)7-11-24(49)41-19(31(53)54)6-10-23(36)48/h2-5,14,19-22H,6-13,15H2,1H3,(H2,36,48)(H,41,49)(H,42,50)(H,43,51)(H,44,52)(H,53,54)(H,55,56)(H,57,58)(H,59,60)(H4,37,38,39,45,46)/t19-,20-,21-,22-/m0/s1. The smallest absolute Gasteiger partial charge is 0.326 e. The van der Waals surface area contributed by atoms with Crippen molar-refractivity contribution in [3.63, 3.8) is 0 Å². The Morgan fingerprint density at radius 1 is 0.633 bits per heavy atom. The van der Waals surface area contributed by atoms with Gasteiger partial charge in [0.2, 0.25) is 29.6 Å². The van der Waals surface area contributed by atoms with Gasteiger partial charge >= 0.3 is 23.9 Å². The summed E-state index contributed by atoms with van der Waals surface area (Å²) in [6.45, 7) is 0.270. The molecule has 0 aliphatic heterocycles. The Balaban J connectivity index is 1.48. The van der Waals surface area contributed by atoms with E-state index in [1.807, 2.05) is 0 Å². The maximum atomic E-state index is 12.9. The van der Waals surface area contributed by atoms with E-state index in [0.717, 1.165) is 0 Å². The zero-order chi connectivity index (χ0) is 44.7. The first-order valence-corrected chi connectivity index (χ1v) is 18.0. The van der Waals surface area contributed by atoms with Gasteiger partial charge in [0.05, 0.1) is 18.4 Å². The molecule has 3 rings (SSSR count). The molecule has 2 aromatic heterocycles. The van der Waals surface area contributed by atoms with Crippen molar-refractivity contribution in [1.29, 1.82) is 0 Å². The first kappa shape index (κ1) is 46.7. The molecule has 0 unspecified atom stereocenters. The van der Waals surface area contributed by atoms with E-state index in [9.17, 15) is 63.6 Å².